The van der Waals surface area contributed by atoms with Gasteiger partial charge in [-0.05, 0) is 24.1 Å². The molecule has 1 aromatic rings. The highest BCUT2D eigenvalue weighted by Gasteiger charge is 2.10. The van der Waals surface area contributed by atoms with Crippen LogP contribution in [0.3, 0.4) is 0 Å². The summed E-state index contributed by atoms with van der Waals surface area (Å²) >= 11 is 0. The Hall–Kier alpha value is -1.30. The Kier molecular flexibility index (Phi) is 8.82. The van der Waals surface area contributed by atoms with Crippen LogP contribution in [0.4, 0.5) is 0 Å². The number of nitrogens with two attached hydrogens (primary N) is 1. The predicted octanol–water partition coefficient (Wildman–Crippen LogP) is 2.54. The summed E-state index contributed by atoms with van der Waals surface area (Å²) in [4.78, 5) is 0. The van der Waals surface area contributed by atoms with Crippen molar-refractivity contribution in [2.75, 3.05) is 40.6 Å². The number of hydrogen-bond donors (Lipinski definition) is 1. The molecule has 21 heavy (non-hydrogen) atoms. The van der Waals surface area contributed by atoms with Gasteiger partial charge in [-0.1, -0.05) is 19.4 Å². The number of hydrogen-bond acceptors (Lipinski definition) is 5. The molecule has 0 spiro atoms. The van der Waals surface area contributed by atoms with E-state index in [0.717, 1.165) is 25.0 Å². The van der Waals surface area contributed by atoms with Crippen molar-refractivity contribution >= 4 is 0 Å². The molecule has 0 saturated heterocycles. The van der Waals surface area contributed by atoms with Crippen molar-refractivity contribution in [2.24, 2.45) is 5.73 Å². The fraction of sp³-hybridized carbons (Fsp3) is 0.625. The minimum atomic E-state index is -0.194. The fourth-order valence-electron chi connectivity index (χ4n) is 1.86. The van der Waals surface area contributed by atoms with E-state index in [-0.39, 0.29) is 6.04 Å². The molecule has 0 amide bonds. The van der Waals surface area contributed by atoms with Gasteiger partial charge in [-0.15, -0.1) is 0 Å². The minimum Gasteiger partial charge on any atom is -0.493 e. The zero-order chi connectivity index (χ0) is 15.5. The third-order valence-electron chi connectivity index (χ3n) is 3.15. The smallest absolute Gasteiger partial charge is 0.161 e. The van der Waals surface area contributed by atoms with Crippen LogP contribution in [0.25, 0.3) is 0 Å². The van der Waals surface area contributed by atoms with Crippen molar-refractivity contribution in [2.45, 2.75) is 25.8 Å². The van der Waals surface area contributed by atoms with Crippen molar-refractivity contribution in [3.63, 3.8) is 0 Å². The Balaban J connectivity index is 2.33. The lowest BCUT2D eigenvalue weighted by Gasteiger charge is -2.15. The maximum absolute atomic E-state index is 6.11. The van der Waals surface area contributed by atoms with Crippen LogP contribution in [0, 0.1) is 0 Å². The SMILES string of the molecule is CCCCOCCOCC(N)c1ccc(OC)c(OC)c1. The molecule has 0 aliphatic rings. The van der Waals surface area contributed by atoms with Crippen LogP contribution in [0.2, 0.25) is 0 Å². The maximum Gasteiger partial charge on any atom is 0.161 e. The molecular weight excluding hydrogens is 270 g/mol. The van der Waals surface area contributed by atoms with E-state index in [1.807, 2.05) is 18.2 Å². The first-order chi connectivity index (χ1) is 10.2. The summed E-state index contributed by atoms with van der Waals surface area (Å²) in [5.74, 6) is 1.37. The molecule has 0 aliphatic carbocycles. The fourth-order valence-corrected chi connectivity index (χ4v) is 1.86. The molecular formula is C16H27NO4. The first-order valence-electron chi connectivity index (χ1n) is 7.35. The van der Waals surface area contributed by atoms with Crippen molar-refractivity contribution in [1.82, 2.24) is 0 Å². The normalized spacial score (nSPS) is 12.2. The second-order valence-electron chi connectivity index (χ2n) is 4.76. The van der Waals surface area contributed by atoms with Crippen molar-refractivity contribution in [3.05, 3.63) is 23.8 Å². The van der Waals surface area contributed by atoms with E-state index in [9.17, 15) is 0 Å². The van der Waals surface area contributed by atoms with Crippen LogP contribution < -0.4 is 15.2 Å². The number of ether oxygens (including phenoxy) is 4. The lowest BCUT2D eigenvalue weighted by Crippen LogP contribution is -2.19. The van der Waals surface area contributed by atoms with Crippen LogP contribution in [-0.2, 0) is 9.47 Å². The highest BCUT2D eigenvalue weighted by molar-refractivity contribution is 5.43. The van der Waals surface area contributed by atoms with E-state index in [0.29, 0.717) is 31.3 Å². The summed E-state index contributed by atoms with van der Waals surface area (Å²) in [6.07, 6.45) is 2.23. The predicted molar refractivity (Wildman–Crippen MR) is 83.0 cm³/mol. The van der Waals surface area contributed by atoms with Gasteiger partial charge in [-0.2, -0.15) is 0 Å². The highest BCUT2D eigenvalue weighted by Crippen LogP contribution is 2.29. The van der Waals surface area contributed by atoms with Gasteiger partial charge in [0.05, 0.1) is 40.1 Å². The lowest BCUT2D eigenvalue weighted by molar-refractivity contribution is 0.0416. The third kappa shape index (κ3) is 6.33. The van der Waals surface area contributed by atoms with Gasteiger partial charge < -0.3 is 24.7 Å². The number of unbranched alkanes of at least 4 members (excludes halogenated alkanes) is 1. The first kappa shape index (κ1) is 17.8. The zero-order valence-corrected chi connectivity index (χ0v) is 13.3. The van der Waals surface area contributed by atoms with Gasteiger partial charge in [0, 0.05) is 6.61 Å². The second-order valence-corrected chi connectivity index (χ2v) is 4.76. The lowest BCUT2D eigenvalue weighted by atomic mass is 10.1. The minimum absolute atomic E-state index is 0.194. The van der Waals surface area contributed by atoms with Gasteiger partial charge in [0.2, 0.25) is 0 Å². The van der Waals surface area contributed by atoms with E-state index in [1.54, 1.807) is 14.2 Å². The van der Waals surface area contributed by atoms with E-state index in [4.69, 9.17) is 24.7 Å². The molecule has 120 valence electrons. The van der Waals surface area contributed by atoms with Crippen LogP contribution in [-0.4, -0.2) is 40.6 Å². The Morgan fingerprint density at radius 2 is 1.71 bits per heavy atom. The summed E-state index contributed by atoms with van der Waals surface area (Å²) in [6, 6.07) is 5.46. The Morgan fingerprint density at radius 1 is 1.00 bits per heavy atom. The molecule has 0 saturated carbocycles. The van der Waals surface area contributed by atoms with Gasteiger partial charge in [0.15, 0.2) is 11.5 Å². The van der Waals surface area contributed by atoms with Gasteiger partial charge in [-0.25, -0.2) is 0 Å². The van der Waals surface area contributed by atoms with Gasteiger partial charge in [0.1, 0.15) is 0 Å². The van der Waals surface area contributed by atoms with E-state index in [1.165, 1.54) is 0 Å². The van der Waals surface area contributed by atoms with E-state index < -0.39 is 0 Å². The van der Waals surface area contributed by atoms with Gasteiger partial charge in [0.25, 0.3) is 0 Å². The molecule has 0 bridgehead atoms. The standard InChI is InChI=1S/C16H27NO4/c1-4-5-8-20-9-10-21-12-14(17)13-6-7-15(18-2)16(11-13)19-3/h6-7,11,14H,4-5,8-10,12,17H2,1-3H3. The molecule has 0 fully saturated rings. The topological polar surface area (TPSA) is 62.9 Å². The largest absolute Gasteiger partial charge is 0.493 e. The molecule has 0 aliphatic heterocycles. The van der Waals surface area contributed by atoms with Crippen molar-refractivity contribution in [1.29, 1.82) is 0 Å². The van der Waals surface area contributed by atoms with Crippen molar-refractivity contribution < 1.29 is 18.9 Å². The average molecular weight is 297 g/mol. The van der Waals surface area contributed by atoms with Gasteiger partial charge >= 0.3 is 0 Å². The molecule has 2 N–H and O–H groups in total. The summed E-state index contributed by atoms with van der Waals surface area (Å²) in [5.41, 5.74) is 7.07. The molecule has 0 heterocycles. The molecule has 1 unspecified atom stereocenters. The number of rotatable bonds is 11. The molecule has 5 nitrogen and oxygen atoms in total. The number of benzene rings is 1. The quantitative estimate of drug-likeness (QED) is 0.636. The Bertz CT molecular complexity index is 398. The summed E-state index contributed by atoms with van der Waals surface area (Å²) in [5, 5.41) is 0. The third-order valence-corrected chi connectivity index (χ3v) is 3.15. The summed E-state index contributed by atoms with van der Waals surface area (Å²) in [6.45, 7) is 4.56. The monoisotopic (exact) mass is 297 g/mol. The van der Waals surface area contributed by atoms with Gasteiger partial charge in [-0.3, -0.25) is 0 Å². The molecule has 1 rings (SSSR count). The molecule has 0 aromatic heterocycles. The van der Waals surface area contributed by atoms with Crippen LogP contribution in [0.1, 0.15) is 31.4 Å². The highest BCUT2D eigenvalue weighted by atomic mass is 16.5. The Labute approximate surface area is 127 Å². The average Bonchev–Trinajstić information content (AvgIpc) is 2.53. The van der Waals surface area contributed by atoms with Crippen LogP contribution >= 0.6 is 0 Å². The second kappa shape index (κ2) is 10.4. The van der Waals surface area contributed by atoms with Crippen LogP contribution in [0.15, 0.2) is 18.2 Å². The number of methoxy groups -OCH3 is 2. The first-order valence-corrected chi connectivity index (χ1v) is 7.35. The van der Waals surface area contributed by atoms with Crippen molar-refractivity contribution in [3.8, 4) is 11.5 Å². The van der Waals surface area contributed by atoms with E-state index in [2.05, 4.69) is 6.92 Å². The summed E-state index contributed by atoms with van der Waals surface area (Å²) < 4.78 is 21.4. The molecule has 1 aromatic carbocycles. The molecule has 0 radical (unpaired) electrons. The van der Waals surface area contributed by atoms with Crippen LogP contribution in [0.5, 0.6) is 11.5 Å². The maximum atomic E-state index is 6.11. The molecule has 1 atom stereocenters. The molecule has 5 heteroatoms. The van der Waals surface area contributed by atoms with E-state index >= 15 is 0 Å². The zero-order valence-electron chi connectivity index (χ0n) is 13.3. The summed E-state index contributed by atoms with van der Waals surface area (Å²) in [7, 11) is 3.22. The Morgan fingerprint density at radius 3 is 2.38 bits per heavy atom.